The molecule has 30 heavy (non-hydrogen) atoms. The van der Waals surface area contributed by atoms with Gasteiger partial charge in [0.05, 0.1) is 11.9 Å². The van der Waals surface area contributed by atoms with Crippen molar-refractivity contribution < 1.29 is 4.39 Å². The number of hydrogen-bond donors (Lipinski definition) is 2. The first-order chi connectivity index (χ1) is 14.6. The van der Waals surface area contributed by atoms with E-state index in [0.29, 0.717) is 16.7 Å². The van der Waals surface area contributed by atoms with Gasteiger partial charge < -0.3 is 15.5 Å². The highest BCUT2D eigenvalue weighted by Gasteiger charge is 2.21. The zero-order valence-corrected chi connectivity index (χ0v) is 17.6. The van der Waals surface area contributed by atoms with Crippen molar-refractivity contribution in [1.82, 2.24) is 15.3 Å². The molecule has 154 valence electrons. The van der Waals surface area contributed by atoms with Crippen molar-refractivity contribution in [3.63, 3.8) is 0 Å². The molecule has 5 nitrogen and oxygen atoms in total. The van der Waals surface area contributed by atoms with Crippen molar-refractivity contribution in [2.24, 2.45) is 0 Å². The lowest BCUT2D eigenvalue weighted by molar-refractivity contribution is 0.466. The van der Waals surface area contributed by atoms with Crippen LogP contribution < -0.4 is 15.5 Å². The van der Waals surface area contributed by atoms with Gasteiger partial charge in [0.15, 0.2) is 5.11 Å². The molecule has 1 aliphatic heterocycles. The van der Waals surface area contributed by atoms with E-state index in [1.54, 1.807) is 31.6 Å². The minimum Gasteiger partial charge on any atom is -0.360 e. The molecule has 0 atom stereocenters. The normalized spacial score (nSPS) is 14.4. The van der Waals surface area contributed by atoms with E-state index < -0.39 is 0 Å². The number of piperidine rings is 1. The van der Waals surface area contributed by atoms with Crippen LogP contribution in [0.3, 0.4) is 0 Å². The van der Waals surface area contributed by atoms with Crippen molar-refractivity contribution in [2.45, 2.75) is 25.8 Å². The maximum Gasteiger partial charge on any atom is 0.171 e. The quantitative estimate of drug-likeness (QED) is 0.603. The number of nitrogens with one attached hydrogen (secondary N) is 2. The largest absolute Gasteiger partial charge is 0.360 e. The van der Waals surface area contributed by atoms with Gasteiger partial charge in [0.2, 0.25) is 0 Å². The first-order valence-corrected chi connectivity index (χ1v) is 10.4. The van der Waals surface area contributed by atoms with Crippen LogP contribution in [0.25, 0.3) is 11.1 Å². The Hall–Kier alpha value is -3.06. The van der Waals surface area contributed by atoms with E-state index in [4.69, 9.17) is 12.2 Å². The summed E-state index contributed by atoms with van der Waals surface area (Å²) >= 11 is 5.42. The lowest BCUT2D eigenvalue weighted by Crippen LogP contribution is -2.46. The number of benzene rings is 1. The number of thiocarbonyl (C=S) groups is 1. The topological polar surface area (TPSA) is 53.1 Å². The van der Waals surface area contributed by atoms with Crippen LogP contribution in [0.5, 0.6) is 0 Å². The second-order valence-corrected chi connectivity index (χ2v) is 7.88. The molecule has 0 unspecified atom stereocenters. The Labute approximate surface area is 181 Å². The standard InChI is InChI=1S/C23H24FN5S/c1-16-4-5-17(13-21(16)24)18-6-10-26-22(14-18)29-11-7-19(8-12-29)27-23(30)28-20-3-2-9-25-15-20/h2-6,9-10,13-15,19H,7-8,11-12H2,1H3,(H2,27,28,30). The van der Waals surface area contributed by atoms with Gasteiger partial charge in [-0.25, -0.2) is 9.37 Å². The molecule has 3 heterocycles. The van der Waals surface area contributed by atoms with Gasteiger partial charge in [-0.05, 0) is 79.0 Å². The smallest absolute Gasteiger partial charge is 0.171 e. The highest BCUT2D eigenvalue weighted by Crippen LogP contribution is 2.26. The molecule has 1 fully saturated rings. The van der Waals surface area contributed by atoms with E-state index in [2.05, 4.69) is 25.5 Å². The lowest BCUT2D eigenvalue weighted by Gasteiger charge is -2.33. The van der Waals surface area contributed by atoms with Crippen LogP contribution in [-0.4, -0.2) is 34.2 Å². The summed E-state index contributed by atoms with van der Waals surface area (Å²) in [5.74, 6) is 0.733. The number of hydrogen-bond acceptors (Lipinski definition) is 4. The molecule has 0 radical (unpaired) electrons. The van der Waals surface area contributed by atoms with Crippen LogP contribution in [-0.2, 0) is 0 Å². The first kappa shape index (κ1) is 20.2. The summed E-state index contributed by atoms with van der Waals surface area (Å²) in [6.45, 7) is 3.53. The van der Waals surface area contributed by atoms with Crippen molar-refractivity contribution in [1.29, 1.82) is 0 Å². The van der Waals surface area contributed by atoms with Gasteiger partial charge in [0.1, 0.15) is 11.6 Å². The van der Waals surface area contributed by atoms with Gasteiger partial charge in [-0.15, -0.1) is 0 Å². The van der Waals surface area contributed by atoms with Crippen molar-refractivity contribution in [3.8, 4) is 11.1 Å². The van der Waals surface area contributed by atoms with Gasteiger partial charge in [-0.3, -0.25) is 4.98 Å². The van der Waals surface area contributed by atoms with Crippen molar-refractivity contribution >= 4 is 28.8 Å². The molecule has 0 saturated carbocycles. The second kappa shape index (κ2) is 9.17. The summed E-state index contributed by atoms with van der Waals surface area (Å²) in [5.41, 5.74) is 3.37. The summed E-state index contributed by atoms with van der Waals surface area (Å²) < 4.78 is 14.0. The summed E-state index contributed by atoms with van der Waals surface area (Å²) in [7, 11) is 0. The van der Waals surface area contributed by atoms with E-state index in [-0.39, 0.29) is 5.82 Å². The maximum absolute atomic E-state index is 14.0. The minimum atomic E-state index is -0.186. The number of pyridine rings is 2. The Kier molecular flexibility index (Phi) is 6.18. The molecule has 4 rings (SSSR count). The number of rotatable bonds is 4. The van der Waals surface area contributed by atoms with Crippen LogP contribution in [0.1, 0.15) is 18.4 Å². The average Bonchev–Trinajstić information content (AvgIpc) is 2.77. The van der Waals surface area contributed by atoms with Crippen LogP contribution in [0.2, 0.25) is 0 Å². The minimum absolute atomic E-state index is 0.186. The van der Waals surface area contributed by atoms with E-state index in [9.17, 15) is 4.39 Å². The Morgan fingerprint density at radius 1 is 1.10 bits per heavy atom. The molecule has 2 N–H and O–H groups in total. The molecule has 0 spiro atoms. The fourth-order valence-electron chi connectivity index (χ4n) is 3.59. The molecule has 0 bridgehead atoms. The van der Waals surface area contributed by atoms with Gasteiger partial charge >= 0.3 is 0 Å². The van der Waals surface area contributed by atoms with E-state index in [1.807, 2.05) is 36.4 Å². The summed E-state index contributed by atoms with van der Waals surface area (Å²) in [6, 6.07) is 13.4. The molecule has 1 saturated heterocycles. The Balaban J connectivity index is 1.35. The van der Waals surface area contributed by atoms with E-state index >= 15 is 0 Å². The molecule has 7 heteroatoms. The third-order valence-electron chi connectivity index (χ3n) is 5.32. The van der Waals surface area contributed by atoms with Crippen LogP contribution in [0.15, 0.2) is 61.1 Å². The molecule has 0 amide bonds. The monoisotopic (exact) mass is 421 g/mol. The Morgan fingerprint density at radius 3 is 2.63 bits per heavy atom. The Bertz CT molecular complexity index is 1020. The van der Waals surface area contributed by atoms with E-state index in [1.165, 1.54) is 0 Å². The number of anilines is 2. The van der Waals surface area contributed by atoms with Crippen molar-refractivity contribution in [3.05, 3.63) is 72.4 Å². The van der Waals surface area contributed by atoms with Crippen LogP contribution >= 0.6 is 12.2 Å². The second-order valence-electron chi connectivity index (χ2n) is 7.47. The molecular formula is C23H24FN5S. The van der Waals surface area contributed by atoms with Crippen LogP contribution in [0, 0.1) is 12.7 Å². The molecule has 0 aliphatic carbocycles. The summed E-state index contributed by atoms with van der Waals surface area (Å²) in [5, 5.41) is 7.17. The number of nitrogens with zero attached hydrogens (tertiary/aromatic N) is 3. The van der Waals surface area contributed by atoms with Gasteiger partial charge in [-0.2, -0.15) is 0 Å². The summed E-state index contributed by atoms with van der Waals surface area (Å²) in [6.07, 6.45) is 7.18. The fraction of sp³-hybridized carbons (Fsp3) is 0.261. The fourth-order valence-corrected chi connectivity index (χ4v) is 3.87. The number of aromatic nitrogens is 2. The zero-order valence-electron chi connectivity index (χ0n) is 16.8. The van der Waals surface area contributed by atoms with Crippen molar-refractivity contribution in [2.75, 3.05) is 23.3 Å². The number of halogens is 1. The highest BCUT2D eigenvalue weighted by molar-refractivity contribution is 7.80. The predicted octanol–water partition coefficient (Wildman–Crippen LogP) is 4.55. The highest BCUT2D eigenvalue weighted by atomic mass is 32.1. The van der Waals surface area contributed by atoms with Gasteiger partial charge in [0.25, 0.3) is 0 Å². The Morgan fingerprint density at radius 2 is 1.90 bits per heavy atom. The maximum atomic E-state index is 14.0. The first-order valence-electron chi connectivity index (χ1n) is 10.0. The van der Waals surface area contributed by atoms with Gasteiger partial charge in [0, 0.05) is 31.5 Å². The SMILES string of the molecule is Cc1ccc(-c2ccnc(N3CCC(NC(=S)Nc4cccnc4)CC3)c2)cc1F. The molecule has 1 aliphatic rings. The number of aryl methyl sites for hydroxylation is 1. The molecular weight excluding hydrogens is 397 g/mol. The average molecular weight is 422 g/mol. The predicted molar refractivity (Wildman–Crippen MR) is 123 cm³/mol. The third kappa shape index (κ3) is 4.91. The summed E-state index contributed by atoms with van der Waals surface area (Å²) in [4.78, 5) is 10.9. The lowest BCUT2D eigenvalue weighted by atomic mass is 10.0. The molecule has 1 aromatic carbocycles. The van der Waals surface area contributed by atoms with Gasteiger partial charge in [-0.1, -0.05) is 12.1 Å². The third-order valence-corrected chi connectivity index (χ3v) is 5.54. The molecule has 2 aromatic heterocycles. The zero-order chi connectivity index (χ0) is 20.9. The van der Waals surface area contributed by atoms with E-state index in [0.717, 1.165) is 48.6 Å². The van der Waals surface area contributed by atoms with Crippen LogP contribution in [0.4, 0.5) is 15.9 Å². The molecule has 3 aromatic rings.